The van der Waals surface area contributed by atoms with Gasteiger partial charge in [-0.3, -0.25) is 0 Å². The Kier molecular flexibility index (Phi) is 4.61. The van der Waals surface area contributed by atoms with E-state index in [4.69, 9.17) is 0 Å². The highest BCUT2D eigenvalue weighted by molar-refractivity contribution is 7.14. The van der Waals surface area contributed by atoms with Crippen molar-refractivity contribution in [3.63, 3.8) is 0 Å². The van der Waals surface area contributed by atoms with Crippen LogP contribution in [0.2, 0.25) is 0 Å². The zero-order valence-corrected chi connectivity index (χ0v) is 9.36. The van der Waals surface area contributed by atoms with Gasteiger partial charge in [-0.05, 0) is 6.42 Å². The van der Waals surface area contributed by atoms with Gasteiger partial charge in [-0.15, -0.1) is 0 Å². The minimum Gasteiger partial charge on any atom is -0.546 e. The van der Waals surface area contributed by atoms with E-state index in [-0.39, 0.29) is 0 Å². The molecule has 0 aliphatic rings. The summed E-state index contributed by atoms with van der Waals surface area (Å²) < 4.78 is 18.6. The van der Waals surface area contributed by atoms with Crippen molar-refractivity contribution >= 4 is 22.8 Å². The van der Waals surface area contributed by atoms with E-state index < -0.39 is 11.1 Å². The monoisotopic (exact) mass is 216 g/mol. The third-order valence-electron chi connectivity index (χ3n) is 1.87. The van der Waals surface area contributed by atoms with Gasteiger partial charge in [-0.2, -0.15) is 0 Å². The summed E-state index contributed by atoms with van der Waals surface area (Å²) in [6, 6.07) is 0. The molecule has 1 rings (SSSR count). The summed E-state index contributed by atoms with van der Waals surface area (Å²) in [7, 11) is 1.74. The molecule has 0 aliphatic heterocycles. The minimum atomic E-state index is -1.44. The maximum absolute atomic E-state index is 11.0. The Bertz CT molecular complexity index is 276. The lowest BCUT2D eigenvalue weighted by Crippen LogP contribution is -2.03. The van der Waals surface area contributed by atoms with E-state index in [9.17, 15) is 4.55 Å². The van der Waals surface area contributed by atoms with Crippen LogP contribution in [0.1, 0.15) is 26.2 Å². The Morgan fingerprint density at radius 3 is 2.64 bits per heavy atom. The lowest BCUT2D eigenvalue weighted by Gasteiger charge is -2.01. The summed E-state index contributed by atoms with van der Waals surface area (Å²) in [6.07, 6.45) is 3.47. The topological polar surface area (TPSA) is 72.9 Å². The van der Waals surface area contributed by atoms with Gasteiger partial charge in [0, 0.05) is 22.3 Å². The van der Waals surface area contributed by atoms with Crippen LogP contribution >= 0.6 is 11.1 Å². The van der Waals surface area contributed by atoms with Gasteiger partial charge in [-0.1, -0.05) is 19.8 Å². The van der Waals surface area contributed by atoms with Gasteiger partial charge in [0.1, 0.15) is 0 Å². The number of nitrogens with one attached hydrogen (secondary N) is 2. The molecule has 80 valence electrons. The quantitative estimate of drug-likeness (QED) is 0.561. The Morgan fingerprint density at radius 2 is 2.00 bits per heavy atom. The third-order valence-corrected chi connectivity index (χ3v) is 2.55. The van der Waals surface area contributed by atoms with Crippen molar-refractivity contribution in [1.29, 1.82) is 0 Å². The van der Waals surface area contributed by atoms with Gasteiger partial charge in [-0.25, -0.2) is 0 Å². The SMILES string of the molecule is CCCCCNc1n[s+]([O-])nc1NC. The number of rotatable bonds is 6. The van der Waals surface area contributed by atoms with Crippen molar-refractivity contribution in [3.05, 3.63) is 0 Å². The van der Waals surface area contributed by atoms with E-state index >= 15 is 0 Å². The summed E-state index contributed by atoms with van der Waals surface area (Å²) in [5, 5.41) is 5.96. The lowest BCUT2D eigenvalue weighted by molar-refractivity contribution is 0.585. The van der Waals surface area contributed by atoms with Crippen LogP contribution < -0.4 is 10.6 Å². The van der Waals surface area contributed by atoms with Crippen LogP contribution in [0.5, 0.6) is 0 Å². The smallest absolute Gasteiger partial charge is 0.232 e. The van der Waals surface area contributed by atoms with E-state index in [1.54, 1.807) is 7.05 Å². The molecule has 0 spiro atoms. The number of hydrogen-bond acceptors (Lipinski definition) is 5. The number of unbranched alkanes of at least 4 members (excludes halogenated alkanes) is 2. The van der Waals surface area contributed by atoms with E-state index in [1.165, 1.54) is 12.8 Å². The van der Waals surface area contributed by atoms with Crippen LogP contribution in [-0.2, 0) is 0 Å². The zero-order chi connectivity index (χ0) is 10.4. The van der Waals surface area contributed by atoms with Crippen molar-refractivity contribution in [2.24, 2.45) is 0 Å². The largest absolute Gasteiger partial charge is 0.546 e. The van der Waals surface area contributed by atoms with Gasteiger partial charge in [0.15, 0.2) is 11.1 Å². The second-order valence-corrected chi connectivity index (χ2v) is 3.82. The molecular weight excluding hydrogens is 200 g/mol. The van der Waals surface area contributed by atoms with Gasteiger partial charge in [0.25, 0.3) is 0 Å². The molecule has 0 aromatic carbocycles. The third kappa shape index (κ3) is 3.12. The fourth-order valence-electron chi connectivity index (χ4n) is 1.12. The predicted octanol–water partition coefficient (Wildman–Crippen LogP) is 1.85. The molecule has 0 aliphatic carbocycles. The number of nitrogens with zero attached hydrogens (tertiary/aromatic N) is 2. The Morgan fingerprint density at radius 1 is 1.29 bits per heavy atom. The summed E-state index contributed by atoms with van der Waals surface area (Å²) in [5.74, 6) is 1.20. The summed E-state index contributed by atoms with van der Waals surface area (Å²) >= 11 is -1.44. The molecule has 5 nitrogen and oxygen atoms in total. The molecule has 0 bridgehead atoms. The van der Waals surface area contributed by atoms with Crippen LogP contribution in [-0.4, -0.2) is 26.9 Å². The summed E-state index contributed by atoms with van der Waals surface area (Å²) in [6.45, 7) is 3.01. The standard InChI is InChI=1S/C8H16N4OS/c1-3-4-5-6-10-8-7(9-2)11-14(13)12-8/h3-6H2,1-2H3,(H,9,11)(H,10,12). The van der Waals surface area contributed by atoms with Gasteiger partial charge >= 0.3 is 0 Å². The molecule has 1 heterocycles. The molecule has 0 saturated heterocycles. The fraction of sp³-hybridized carbons (Fsp3) is 0.750. The average Bonchev–Trinajstić information content (AvgIpc) is 2.54. The maximum Gasteiger partial charge on any atom is 0.232 e. The van der Waals surface area contributed by atoms with Crippen molar-refractivity contribution in [3.8, 4) is 0 Å². The molecule has 2 N–H and O–H groups in total. The minimum absolute atomic E-state index is 0.583. The highest BCUT2D eigenvalue weighted by atomic mass is 32.2. The Hall–Kier alpha value is -0.880. The fourth-order valence-corrected chi connectivity index (χ4v) is 1.81. The zero-order valence-electron chi connectivity index (χ0n) is 8.54. The molecule has 1 unspecified atom stereocenters. The molecule has 1 aromatic rings. The van der Waals surface area contributed by atoms with Crippen LogP contribution in [0.4, 0.5) is 11.6 Å². The first-order chi connectivity index (χ1) is 6.77. The second-order valence-electron chi connectivity index (χ2n) is 2.99. The number of aromatic nitrogens is 2. The molecule has 6 heteroatoms. The molecule has 1 aromatic heterocycles. The van der Waals surface area contributed by atoms with Crippen LogP contribution in [0.25, 0.3) is 0 Å². The van der Waals surface area contributed by atoms with E-state index in [0.29, 0.717) is 11.6 Å². The first-order valence-electron chi connectivity index (χ1n) is 4.79. The van der Waals surface area contributed by atoms with Crippen molar-refractivity contribution < 1.29 is 4.55 Å². The van der Waals surface area contributed by atoms with Crippen molar-refractivity contribution in [1.82, 2.24) is 8.75 Å². The highest BCUT2D eigenvalue weighted by Crippen LogP contribution is 2.21. The molecule has 1 atom stereocenters. The molecule has 0 saturated carbocycles. The first kappa shape index (κ1) is 11.2. The Labute approximate surface area is 87.1 Å². The first-order valence-corrected chi connectivity index (χ1v) is 5.85. The van der Waals surface area contributed by atoms with Crippen molar-refractivity contribution in [2.45, 2.75) is 26.2 Å². The average molecular weight is 216 g/mol. The van der Waals surface area contributed by atoms with Gasteiger partial charge in [0.2, 0.25) is 11.6 Å². The van der Waals surface area contributed by atoms with E-state index in [0.717, 1.165) is 13.0 Å². The lowest BCUT2D eigenvalue weighted by atomic mass is 10.2. The number of hydrogen-bond donors (Lipinski definition) is 2. The Balaban J connectivity index is 2.41. The highest BCUT2D eigenvalue weighted by Gasteiger charge is 2.12. The second kappa shape index (κ2) is 5.77. The number of anilines is 2. The molecule has 0 fully saturated rings. The molecule has 14 heavy (non-hydrogen) atoms. The van der Waals surface area contributed by atoms with E-state index in [1.807, 2.05) is 0 Å². The molecule has 0 radical (unpaired) electrons. The summed E-state index contributed by atoms with van der Waals surface area (Å²) in [4.78, 5) is 0. The summed E-state index contributed by atoms with van der Waals surface area (Å²) in [5.41, 5.74) is 0. The van der Waals surface area contributed by atoms with Crippen LogP contribution in [0, 0.1) is 0 Å². The van der Waals surface area contributed by atoms with Gasteiger partial charge < -0.3 is 15.2 Å². The van der Waals surface area contributed by atoms with Crippen LogP contribution in [0.15, 0.2) is 0 Å². The van der Waals surface area contributed by atoms with Crippen molar-refractivity contribution in [2.75, 3.05) is 24.2 Å². The van der Waals surface area contributed by atoms with Gasteiger partial charge in [0.05, 0.1) is 0 Å². The molecule has 0 amide bonds. The normalized spacial score (nSPS) is 11.5. The maximum atomic E-state index is 11.0. The van der Waals surface area contributed by atoms with Crippen LogP contribution in [0.3, 0.4) is 0 Å². The predicted molar refractivity (Wildman–Crippen MR) is 58.2 cm³/mol. The molecular formula is C8H16N4OS. The van der Waals surface area contributed by atoms with E-state index in [2.05, 4.69) is 26.3 Å².